The molecule has 144 valence electrons. The maximum atomic E-state index is 12.5. The van der Waals surface area contributed by atoms with Gasteiger partial charge in [-0.2, -0.15) is 0 Å². The van der Waals surface area contributed by atoms with Gasteiger partial charge >= 0.3 is 0 Å². The van der Waals surface area contributed by atoms with E-state index in [4.69, 9.17) is 11.6 Å². The summed E-state index contributed by atoms with van der Waals surface area (Å²) in [6.07, 6.45) is 0.851. The van der Waals surface area contributed by atoms with Crippen LogP contribution in [-0.4, -0.2) is 33.1 Å². The van der Waals surface area contributed by atoms with Gasteiger partial charge in [0.05, 0.1) is 5.69 Å². The maximum absolute atomic E-state index is 12.5. The molecule has 2 N–H and O–H groups in total. The van der Waals surface area contributed by atoms with Crippen LogP contribution in [0.1, 0.15) is 40.1 Å². The fourth-order valence-electron chi connectivity index (χ4n) is 2.58. The van der Waals surface area contributed by atoms with Gasteiger partial charge in [0.1, 0.15) is 5.82 Å². The molecule has 0 saturated heterocycles. The van der Waals surface area contributed by atoms with Crippen LogP contribution in [0.15, 0.2) is 48.5 Å². The Morgan fingerprint density at radius 1 is 1.11 bits per heavy atom. The number of aromatic nitrogens is 3. The number of rotatable bonds is 6. The number of nitrogens with one attached hydrogen (secondary N) is 2. The third-order valence-electron chi connectivity index (χ3n) is 3.96. The maximum Gasteiger partial charge on any atom is 0.295 e. The van der Waals surface area contributed by atoms with Gasteiger partial charge < -0.3 is 10.6 Å². The first-order chi connectivity index (χ1) is 13.5. The third kappa shape index (κ3) is 4.55. The molecule has 0 aliphatic heterocycles. The Morgan fingerprint density at radius 3 is 2.57 bits per heavy atom. The van der Waals surface area contributed by atoms with Crippen LogP contribution in [0.2, 0.25) is 5.02 Å². The molecule has 0 atom stereocenters. The van der Waals surface area contributed by atoms with Crippen LogP contribution in [0.4, 0.5) is 5.69 Å². The molecule has 0 radical (unpaired) electrons. The number of anilines is 1. The molecule has 28 heavy (non-hydrogen) atoms. The van der Waals surface area contributed by atoms with E-state index in [2.05, 4.69) is 20.7 Å². The molecule has 7 nitrogen and oxygen atoms in total. The van der Waals surface area contributed by atoms with Crippen molar-refractivity contribution in [2.75, 3.05) is 11.9 Å². The minimum absolute atomic E-state index is 0.0355. The third-order valence-corrected chi connectivity index (χ3v) is 4.21. The van der Waals surface area contributed by atoms with E-state index >= 15 is 0 Å². The highest BCUT2D eigenvalue weighted by atomic mass is 35.5. The molecule has 3 aromatic rings. The van der Waals surface area contributed by atoms with Crippen LogP contribution in [0, 0.1) is 6.92 Å². The van der Waals surface area contributed by atoms with Gasteiger partial charge in [0, 0.05) is 22.8 Å². The quantitative estimate of drug-likeness (QED) is 0.664. The molecule has 0 spiro atoms. The Labute approximate surface area is 167 Å². The molecular weight excluding hydrogens is 378 g/mol. The van der Waals surface area contributed by atoms with Crippen molar-refractivity contribution in [2.24, 2.45) is 0 Å². The van der Waals surface area contributed by atoms with Crippen molar-refractivity contribution in [3.63, 3.8) is 0 Å². The number of nitrogens with zero attached hydrogens (tertiary/aromatic N) is 3. The minimum atomic E-state index is -0.457. The first kappa shape index (κ1) is 19.6. The lowest BCUT2D eigenvalue weighted by molar-refractivity contribution is 0.0952. The molecule has 0 aliphatic rings. The van der Waals surface area contributed by atoms with Gasteiger partial charge in [0.15, 0.2) is 0 Å². The van der Waals surface area contributed by atoms with Crippen molar-refractivity contribution >= 4 is 29.1 Å². The predicted octanol–water partition coefficient (Wildman–Crippen LogP) is 3.62. The highest BCUT2D eigenvalue weighted by Crippen LogP contribution is 2.15. The van der Waals surface area contributed by atoms with Gasteiger partial charge in [-0.3, -0.25) is 9.59 Å². The van der Waals surface area contributed by atoms with Gasteiger partial charge in [-0.15, -0.1) is 5.10 Å². The summed E-state index contributed by atoms with van der Waals surface area (Å²) in [6.45, 7) is 4.34. The van der Waals surface area contributed by atoms with Crippen molar-refractivity contribution < 1.29 is 9.59 Å². The smallest absolute Gasteiger partial charge is 0.295 e. The van der Waals surface area contributed by atoms with Crippen LogP contribution >= 0.6 is 11.6 Å². The normalized spacial score (nSPS) is 10.5. The van der Waals surface area contributed by atoms with E-state index in [-0.39, 0.29) is 11.7 Å². The first-order valence-electron chi connectivity index (χ1n) is 8.87. The van der Waals surface area contributed by atoms with E-state index in [1.807, 2.05) is 6.92 Å². The lowest BCUT2D eigenvalue weighted by Crippen LogP contribution is -2.24. The number of hydrogen-bond donors (Lipinski definition) is 2. The van der Waals surface area contributed by atoms with Crippen molar-refractivity contribution in [2.45, 2.75) is 20.3 Å². The highest BCUT2D eigenvalue weighted by molar-refractivity contribution is 6.30. The monoisotopic (exact) mass is 397 g/mol. The second-order valence-electron chi connectivity index (χ2n) is 6.16. The predicted molar refractivity (Wildman–Crippen MR) is 108 cm³/mol. The lowest BCUT2D eigenvalue weighted by Gasteiger charge is -2.07. The summed E-state index contributed by atoms with van der Waals surface area (Å²) in [5.41, 5.74) is 1.72. The summed E-state index contributed by atoms with van der Waals surface area (Å²) in [6, 6.07) is 13.8. The zero-order valence-corrected chi connectivity index (χ0v) is 16.3. The number of carbonyl (C=O) groups is 2. The Morgan fingerprint density at radius 2 is 1.86 bits per heavy atom. The summed E-state index contributed by atoms with van der Waals surface area (Å²) in [4.78, 5) is 28.9. The molecule has 1 aromatic heterocycles. The van der Waals surface area contributed by atoms with Gasteiger partial charge in [-0.25, -0.2) is 9.67 Å². The second kappa shape index (κ2) is 8.67. The number of hydrogen-bond acceptors (Lipinski definition) is 4. The molecular formula is C20H20ClN5O2. The molecule has 2 aromatic carbocycles. The molecule has 0 aliphatic carbocycles. The molecule has 3 rings (SSSR count). The topological polar surface area (TPSA) is 88.9 Å². The second-order valence-corrected chi connectivity index (χ2v) is 6.60. The number of halogens is 1. The van der Waals surface area contributed by atoms with Crippen LogP contribution in [-0.2, 0) is 0 Å². The standard InChI is InChI=1S/C20H20ClN5O2/c1-3-11-22-19(27)14-5-4-6-16(12-14)24-20(28)18-23-13(2)26(25-18)17-9-7-15(21)8-10-17/h4-10,12H,3,11H2,1-2H3,(H,22,27)(H,24,28). The Bertz CT molecular complexity index is 998. The lowest BCUT2D eigenvalue weighted by atomic mass is 10.2. The van der Waals surface area contributed by atoms with E-state index in [0.717, 1.165) is 12.1 Å². The van der Waals surface area contributed by atoms with E-state index in [1.54, 1.807) is 60.1 Å². The Balaban J connectivity index is 1.76. The molecule has 1 heterocycles. The van der Waals surface area contributed by atoms with Crippen molar-refractivity contribution in [3.8, 4) is 5.69 Å². The number of aryl methyl sites for hydroxylation is 1. The van der Waals surface area contributed by atoms with Gasteiger partial charge in [0.2, 0.25) is 5.82 Å². The van der Waals surface area contributed by atoms with E-state index in [9.17, 15) is 9.59 Å². The number of amides is 2. The zero-order chi connectivity index (χ0) is 20.1. The van der Waals surface area contributed by atoms with Gasteiger partial charge in [-0.1, -0.05) is 24.6 Å². The van der Waals surface area contributed by atoms with E-state index < -0.39 is 5.91 Å². The van der Waals surface area contributed by atoms with Crippen molar-refractivity contribution in [3.05, 3.63) is 70.8 Å². The minimum Gasteiger partial charge on any atom is -0.352 e. The molecule has 8 heteroatoms. The summed E-state index contributed by atoms with van der Waals surface area (Å²) in [5.74, 6) is -0.0330. The molecule has 0 fully saturated rings. The van der Waals surface area contributed by atoms with Crippen LogP contribution < -0.4 is 10.6 Å². The molecule has 2 amide bonds. The Kier molecular flexibility index (Phi) is 6.06. The first-order valence-corrected chi connectivity index (χ1v) is 9.25. The van der Waals surface area contributed by atoms with Gasteiger partial charge in [0.25, 0.3) is 11.8 Å². The number of carbonyl (C=O) groups excluding carboxylic acids is 2. The van der Waals surface area contributed by atoms with Crippen LogP contribution in [0.5, 0.6) is 0 Å². The molecule has 0 bridgehead atoms. The molecule has 0 unspecified atom stereocenters. The Hall–Kier alpha value is -3.19. The van der Waals surface area contributed by atoms with E-state index in [0.29, 0.717) is 28.6 Å². The largest absolute Gasteiger partial charge is 0.352 e. The fraction of sp³-hybridized carbons (Fsp3) is 0.200. The fourth-order valence-corrected chi connectivity index (χ4v) is 2.70. The number of benzene rings is 2. The average Bonchev–Trinajstić information content (AvgIpc) is 3.09. The average molecular weight is 398 g/mol. The van der Waals surface area contributed by atoms with Crippen LogP contribution in [0.25, 0.3) is 5.69 Å². The van der Waals surface area contributed by atoms with Crippen molar-refractivity contribution in [1.29, 1.82) is 0 Å². The summed E-state index contributed by atoms with van der Waals surface area (Å²) < 4.78 is 1.57. The SMILES string of the molecule is CCCNC(=O)c1cccc(NC(=O)c2nc(C)n(-c3ccc(Cl)cc3)n2)c1. The van der Waals surface area contributed by atoms with Crippen molar-refractivity contribution in [1.82, 2.24) is 20.1 Å². The highest BCUT2D eigenvalue weighted by Gasteiger charge is 2.16. The van der Waals surface area contributed by atoms with Crippen LogP contribution in [0.3, 0.4) is 0 Å². The summed E-state index contributed by atoms with van der Waals surface area (Å²) in [5, 5.41) is 10.4. The molecule has 0 saturated carbocycles. The van der Waals surface area contributed by atoms with E-state index in [1.165, 1.54) is 0 Å². The summed E-state index contributed by atoms with van der Waals surface area (Å²) in [7, 11) is 0. The zero-order valence-electron chi connectivity index (χ0n) is 15.6. The summed E-state index contributed by atoms with van der Waals surface area (Å²) >= 11 is 5.91. The van der Waals surface area contributed by atoms with Gasteiger partial charge in [-0.05, 0) is 55.8 Å².